The molecule has 0 radical (unpaired) electrons. The number of carbonyl (C=O) groups is 1. The van der Waals surface area contributed by atoms with Crippen LogP contribution >= 0.6 is 27.7 Å². The number of thioether (sulfide) groups is 1. The van der Waals surface area contributed by atoms with Crippen molar-refractivity contribution in [3.8, 4) is 0 Å². The first-order chi connectivity index (χ1) is 10.5. The summed E-state index contributed by atoms with van der Waals surface area (Å²) in [6, 6.07) is 7.55. The van der Waals surface area contributed by atoms with E-state index in [0.717, 1.165) is 20.9 Å². The fraction of sp³-hybridized carbons (Fsp3) is 0.375. The highest BCUT2D eigenvalue weighted by atomic mass is 79.9. The minimum atomic E-state index is -0.328. The average molecular weight is 383 g/mol. The van der Waals surface area contributed by atoms with Crippen LogP contribution in [-0.2, 0) is 9.53 Å². The summed E-state index contributed by atoms with van der Waals surface area (Å²) in [5.74, 6) is -0.302. The number of benzene rings is 1. The van der Waals surface area contributed by atoms with Crippen LogP contribution < -0.4 is 0 Å². The molecule has 0 amide bonds. The molecule has 118 valence electrons. The Kier molecular flexibility index (Phi) is 5.69. The number of nitrogens with zero attached hydrogens (tertiary/aromatic N) is 2. The minimum Gasteiger partial charge on any atom is -0.463 e. The number of hydrogen-bond acceptors (Lipinski definition) is 5. The van der Waals surface area contributed by atoms with Gasteiger partial charge in [-0.3, -0.25) is 0 Å². The zero-order valence-corrected chi connectivity index (χ0v) is 15.5. The molecule has 22 heavy (non-hydrogen) atoms. The fourth-order valence-corrected chi connectivity index (χ4v) is 3.21. The van der Waals surface area contributed by atoms with Crippen molar-refractivity contribution in [2.45, 2.75) is 19.9 Å². The van der Waals surface area contributed by atoms with E-state index in [1.807, 2.05) is 56.3 Å². The maximum atomic E-state index is 12.4. The summed E-state index contributed by atoms with van der Waals surface area (Å²) >= 11 is 5.00. The van der Waals surface area contributed by atoms with Crippen LogP contribution in [-0.4, -0.2) is 35.9 Å². The van der Waals surface area contributed by atoms with Gasteiger partial charge < -0.3 is 9.64 Å². The van der Waals surface area contributed by atoms with Crippen LogP contribution in [0.2, 0.25) is 0 Å². The molecule has 4 nitrogen and oxygen atoms in total. The van der Waals surface area contributed by atoms with E-state index in [1.54, 1.807) is 11.8 Å². The summed E-state index contributed by atoms with van der Waals surface area (Å²) in [4.78, 5) is 19.1. The molecule has 2 rings (SSSR count). The fourth-order valence-electron chi connectivity index (χ4n) is 2.33. The average Bonchev–Trinajstić information content (AvgIpc) is 2.50. The third-order valence-corrected chi connectivity index (χ3v) is 4.83. The second-order valence-corrected chi connectivity index (χ2v) is 6.54. The van der Waals surface area contributed by atoms with E-state index in [-0.39, 0.29) is 12.0 Å². The van der Waals surface area contributed by atoms with Crippen molar-refractivity contribution in [2.24, 2.45) is 4.99 Å². The van der Waals surface area contributed by atoms with E-state index in [0.29, 0.717) is 12.2 Å². The van der Waals surface area contributed by atoms with Crippen LogP contribution in [0.15, 0.2) is 45.0 Å². The van der Waals surface area contributed by atoms with E-state index in [1.165, 1.54) is 0 Å². The van der Waals surface area contributed by atoms with Gasteiger partial charge in [0.05, 0.1) is 12.2 Å². The molecule has 0 unspecified atom stereocenters. The van der Waals surface area contributed by atoms with Crippen LogP contribution in [0.5, 0.6) is 0 Å². The summed E-state index contributed by atoms with van der Waals surface area (Å²) in [7, 11) is 1.92. The highest BCUT2D eigenvalue weighted by Gasteiger charge is 2.32. The van der Waals surface area contributed by atoms with Gasteiger partial charge in [0.1, 0.15) is 6.04 Å². The van der Waals surface area contributed by atoms with Gasteiger partial charge in [-0.25, -0.2) is 9.79 Å². The van der Waals surface area contributed by atoms with Crippen LogP contribution in [0.1, 0.15) is 25.5 Å². The first-order valence-electron chi connectivity index (χ1n) is 6.98. The van der Waals surface area contributed by atoms with Gasteiger partial charge >= 0.3 is 5.97 Å². The largest absolute Gasteiger partial charge is 0.463 e. The number of rotatable bonds is 3. The molecule has 6 heteroatoms. The van der Waals surface area contributed by atoms with Gasteiger partial charge in [0.25, 0.3) is 0 Å². The van der Waals surface area contributed by atoms with Gasteiger partial charge in [-0.15, -0.1) is 0 Å². The Labute approximate surface area is 143 Å². The molecular weight excluding hydrogens is 364 g/mol. The second kappa shape index (κ2) is 7.33. The zero-order valence-electron chi connectivity index (χ0n) is 13.1. The van der Waals surface area contributed by atoms with Gasteiger partial charge in [-0.1, -0.05) is 39.8 Å². The maximum Gasteiger partial charge on any atom is 0.338 e. The molecule has 1 aliphatic rings. The first kappa shape index (κ1) is 17.1. The molecule has 0 aromatic heterocycles. The molecule has 0 saturated heterocycles. The van der Waals surface area contributed by atoms with E-state index in [4.69, 9.17) is 9.73 Å². The van der Waals surface area contributed by atoms with Crippen molar-refractivity contribution in [2.75, 3.05) is 19.9 Å². The molecule has 1 aromatic carbocycles. The van der Waals surface area contributed by atoms with E-state index in [9.17, 15) is 4.79 Å². The summed E-state index contributed by atoms with van der Waals surface area (Å²) in [6.07, 6.45) is 1.98. The lowest BCUT2D eigenvalue weighted by molar-refractivity contribution is -0.139. The Bertz CT molecular complexity index is 626. The molecule has 1 aromatic rings. The molecule has 0 bridgehead atoms. The number of amidine groups is 1. The van der Waals surface area contributed by atoms with E-state index in [2.05, 4.69) is 15.9 Å². The lowest BCUT2D eigenvalue weighted by Crippen LogP contribution is -2.32. The Hall–Kier alpha value is -1.27. The number of aliphatic imine (C=N–C) groups is 1. The Morgan fingerprint density at radius 2 is 2.05 bits per heavy atom. The highest BCUT2D eigenvalue weighted by molar-refractivity contribution is 9.10. The summed E-state index contributed by atoms with van der Waals surface area (Å²) in [6.45, 7) is 4.10. The van der Waals surface area contributed by atoms with E-state index < -0.39 is 0 Å². The van der Waals surface area contributed by atoms with Crippen LogP contribution in [0.3, 0.4) is 0 Å². The quantitative estimate of drug-likeness (QED) is 0.741. The number of carbonyl (C=O) groups excluding carboxylic acids is 1. The monoisotopic (exact) mass is 382 g/mol. The molecule has 0 fully saturated rings. The third kappa shape index (κ3) is 3.38. The molecule has 0 spiro atoms. The van der Waals surface area contributed by atoms with Crippen molar-refractivity contribution >= 4 is 38.8 Å². The SMILES string of the molecule is CCOC(=O)C1=C(C)N(C)C(SC)=N[C@H]1c1ccc(Br)cc1. The third-order valence-electron chi connectivity index (χ3n) is 3.56. The Balaban J connectivity index is 2.51. The van der Waals surface area contributed by atoms with E-state index >= 15 is 0 Å². The maximum absolute atomic E-state index is 12.4. The van der Waals surface area contributed by atoms with Gasteiger partial charge in [0.2, 0.25) is 0 Å². The first-order valence-corrected chi connectivity index (χ1v) is 9.00. The van der Waals surface area contributed by atoms with Gasteiger partial charge in [-0.05, 0) is 37.8 Å². The van der Waals surface area contributed by atoms with Crippen molar-refractivity contribution in [3.05, 3.63) is 45.6 Å². The van der Waals surface area contributed by atoms with Crippen molar-refractivity contribution in [1.29, 1.82) is 0 Å². The topological polar surface area (TPSA) is 41.9 Å². The summed E-state index contributed by atoms with van der Waals surface area (Å²) in [5, 5.41) is 0.887. The predicted octanol–water partition coefficient (Wildman–Crippen LogP) is 3.99. The molecule has 0 saturated carbocycles. The second-order valence-electron chi connectivity index (χ2n) is 4.85. The number of ether oxygens (including phenoxy) is 1. The van der Waals surface area contributed by atoms with Gasteiger partial charge in [0, 0.05) is 17.2 Å². The number of halogens is 1. The molecular formula is C16H19BrN2O2S. The highest BCUT2D eigenvalue weighted by Crippen LogP contribution is 2.36. The van der Waals surface area contributed by atoms with Gasteiger partial charge in [0.15, 0.2) is 5.17 Å². The normalized spacial score (nSPS) is 18.3. The summed E-state index contributed by atoms with van der Waals surface area (Å²) in [5.41, 5.74) is 2.46. The molecule has 1 heterocycles. The number of allylic oxidation sites excluding steroid dienone is 1. The van der Waals surface area contributed by atoms with Crippen LogP contribution in [0, 0.1) is 0 Å². The van der Waals surface area contributed by atoms with Crippen LogP contribution in [0.25, 0.3) is 0 Å². The summed E-state index contributed by atoms with van der Waals surface area (Å²) < 4.78 is 6.23. The molecule has 0 N–H and O–H groups in total. The molecule has 0 aliphatic carbocycles. The number of hydrogen-bond donors (Lipinski definition) is 0. The zero-order chi connectivity index (χ0) is 16.3. The molecule has 1 aliphatic heterocycles. The minimum absolute atomic E-state index is 0.302. The molecule has 1 atom stereocenters. The van der Waals surface area contributed by atoms with Crippen molar-refractivity contribution in [1.82, 2.24) is 4.90 Å². The standard InChI is InChI=1S/C16H19BrN2O2S/c1-5-21-15(20)13-10(2)19(3)16(22-4)18-14(13)11-6-8-12(17)9-7-11/h6-9,14H,5H2,1-4H3/t14-/m0/s1. The van der Waals surface area contributed by atoms with Crippen molar-refractivity contribution < 1.29 is 9.53 Å². The van der Waals surface area contributed by atoms with Crippen LogP contribution in [0.4, 0.5) is 0 Å². The van der Waals surface area contributed by atoms with Crippen molar-refractivity contribution in [3.63, 3.8) is 0 Å². The smallest absolute Gasteiger partial charge is 0.338 e. The van der Waals surface area contributed by atoms with Gasteiger partial charge in [-0.2, -0.15) is 0 Å². The number of esters is 1. The lowest BCUT2D eigenvalue weighted by atomic mass is 9.96. The predicted molar refractivity (Wildman–Crippen MR) is 94.9 cm³/mol. The lowest BCUT2D eigenvalue weighted by Gasteiger charge is -2.31. The Morgan fingerprint density at radius 3 is 2.59 bits per heavy atom. The Morgan fingerprint density at radius 1 is 1.41 bits per heavy atom.